The lowest BCUT2D eigenvalue weighted by atomic mass is 10.1. The minimum atomic E-state index is -0.0402. The minimum Gasteiger partial charge on any atom is -0.374 e. The summed E-state index contributed by atoms with van der Waals surface area (Å²) in [5.41, 5.74) is 5.84. The van der Waals surface area contributed by atoms with Crippen molar-refractivity contribution in [3.8, 4) is 0 Å². The van der Waals surface area contributed by atoms with Crippen molar-refractivity contribution in [3.63, 3.8) is 0 Å². The van der Waals surface area contributed by atoms with Crippen LogP contribution in [-0.2, 0) is 4.74 Å². The molecule has 0 aromatic rings. The Morgan fingerprint density at radius 3 is 2.85 bits per heavy atom. The molecule has 76 valence electrons. The lowest BCUT2D eigenvalue weighted by molar-refractivity contribution is -0.0432. The van der Waals surface area contributed by atoms with E-state index in [2.05, 4.69) is 25.3 Å². The molecular formula is C10H20N2O. The van der Waals surface area contributed by atoms with Crippen molar-refractivity contribution >= 4 is 0 Å². The maximum Gasteiger partial charge on any atom is 0.0888 e. The molecule has 3 nitrogen and oxygen atoms in total. The summed E-state index contributed by atoms with van der Waals surface area (Å²) >= 11 is 0. The van der Waals surface area contributed by atoms with Crippen molar-refractivity contribution in [2.45, 2.75) is 32.0 Å². The average molecular weight is 184 g/mol. The summed E-state index contributed by atoms with van der Waals surface area (Å²) < 4.78 is 5.57. The van der Waals surface area contributed by atoms with Gasteiger partial charge in [-0.05, 0) is 13.8 Å². The molecule has 0 aliphatic carbocycles. The quantitative estimate of drug-likeness (QED) is 0.653. The van der Waals surface area contributed by atoms with E-state index in [1.54, 1.807) is 6.08 Å². The number of nitrogens with zero attached hydrogens (tertiary/aromatic N) is 1. The topological polar surface area (TPSA) is 38.5 Å². The molecule has 0 amide bonds. The summed E-state index contributed by atoms with van der Waals surface area (Å²) in [5, 5.41) is 0. The lowest BCUT2D eigenvalue weighted by Crippen LogP contribution is -2.51. The van der Waals surface area contributed by atoms with E-state index in [4.69, 9.17) is 10.5 Å². The number of nitrogens with two attached hydrogens (primary N) is 1. The van der Waals surface area contributed by atoms with Gasteiger partial charge in [-0.3, -0.25) is 4.90 Å². The van der Waals surface area contributed by atoms with Crippen molar-refractivity contribution < 1.29 is 4.74 Å². The zero-order valence-electron chi connectivity index (χ0n) is 8.57. The molecule has 0 aromatic carbocycles. The van der Waals surface area contributed by atoms with Gasteiger partial charge in [-0.2, -0.15) is 0 Å². The number of hydrogen-bond acceptors (Lipinski definition) is 3. The van der Waals surface area contributed by atoms with Crippen molar-refractivity contribution in [3.05, 3.63) is 12.7 Å². The number of morpholine rings is 1. The Morgan fingerprint density at radius 1 is 1.62 bits per heavy atom. The number of rotatable bonds is 3. The van der Waals surface area contributed by atoms with Gasteiger partial charge in [-0.25, -0.2) is 0 Å². The minimum absolute atomic E-state index is 0.0402. The highest BCUT2D eigenvalue weighted by Gasteiger charge is 2.25. The molecule has 1 fully saturated rings. The monoisotopic (exact) mass is 184 g/mol. The molecule has 0 aromatic heterocycles. The Kier molecular flexibility index (Phi) is 3.90. The fraction of sp³-hybridized carbons (Fsp3) is 0.800. The van der Waals surface area contributed by atoms with Crippen molar-refractivity contribution in [1.82, 2.24) is 4.90 Å². The molecule has 1 aliphatic heterocycles. The van der Waals surface area contributed by atoms with Gasteiger partial charge in [0.1, 0.15) is 0 Å². The van der Waals surface area contributed by atoms with Gasteiger partial charge in [-0.1, -0.05) is 6.08 Å². The van der Waals surface area contributed by atoms with Crippen LogP contribution >= 0.6 is 0 Å². The molecule has 1 saturated heterocycles. The number of hydrogen-bond donors (Lipinski definition) is 1. The molecule has 1 rings (SSSR count). The Balaban J connectivity index is 2.46. The summed E-state index contributed by atoms with van der Waals surface area (Å²) in [5.74, 6) is 0. The first kappa shape index (κ1) is 10.7. The van der Waals surface area contributed by atoms with Gasteiger partial charge in [0.25, 0.3) is 0 Å². The van der Waals surface area contributed by atoms with Crippen LogP contribution in [0.3, 0.4) is 0 Å². The predicted molar refractivity (Wildman–Crippen MR) is 54.6 cm³/mol. The first-order chi connectivity index (χ1) is 6.15. The van der Waals surface area contributed by atoms with E-state index in [0.717, 1.165) is 19.7 Å². The highest BCUT2D eigenvalue weighted by molar-refractivity contribution is 4.92. The Bertz CT molecular complexity index is 170. The first-order valence-electron chi connectivity index (χ1n) is 4.89. The lowest BCUT2D eigenvalue weighted by Gasteiger charge is -2.37. The van der Waals surface area contributed by atoms with Gasteiger partial charge in [0.2, 0.25) is 0 Å². The standard InChI is InChI=1S/C10H20N2O/c1-4-9(11)10-7-12(8(2)3)5-6-13-10/h4,8-10H,1,5-7,11H2,2-3H3. The third-order valence-corrected chi connectivity index (χ3v) is 2.56. The molecule has 2 unspecified atom stereocenters. The molecule has 0 saturated carbocycles. The molecular weight excluding hydrogens is 164 g/mol. The van der Waals surface area contributed by atoms with E-state index >= 15 is 0 Å². The maximum atomic E-state index is 5.84. The summed E-state index contributed by atoms with van der Waals surface area (Å²) in [6, 6.07) is 0.532. The fourth-order valence-corrected chi connectivity index (χ4v) is 1.55. The summed E-state index contributed by atoms with van der Waals surface area (Å²) in [4.78, 5) is 2.39. The molecule has 0 spiro atoms. The highest BCUT2D eigenvalue weighted by atomic mass is 16.5. The van der Waals surface area contributed by atoms with Crippen LogP contribution in [0.15, 0.2) is 12.7 Å². The molecule has 1 heterocycles. The summed E-state index contributed by atoms with van der Waals surface area (Å²) in [6.45, 7) is 10.8. The second-order valence-corrected chi connectivity index (χ2v) is 3.81. The van der Waals surface area contributed by atoms with Crippen molar-refractivity contribution in [2.75, 3.05) is 19.7 Å². The highest BCUT2D eigenvalue weighted by Crippen LogP contribution is 2.10. The largest absolute Gasteiger partial charge is 0.374 e. The zero-order valence-corrected chi connectivity index (χ0v) is 8.57. The summed E-state index contributed by atoms with van der Waals surface area (Å²) in [6.07, 6.45) is 1.88. The van der Waals surface area contributed by atoms with Crippen LogP contribution < -0.4 is 5.73 Å². The molecule has 3 heteroatoms. The molecule has 2 N–H and O–H groups in total. The third-order valence-electron chi connectivity index (χ3n) is 2.56. The van der Waals surface area contributed by atoms with Crippen LogP contribution in [0.1, 0.15) is 13.8 Å². The van der Waals surface area contributed by atoms with Gasteiger partial charge < -0.3 is 10.5 Å². The predicted octanol–water partition coefficient (Wildman–Crippen LogP) is 0.609. The molecule has 0 radical (unpaired) electrons. The van der Waals surface area contributed by atoms with E-state index in [1.807, 2.05) is 0 Å². The third kappa shape index (κ3) is 2.79. The second kappa shape index (κ2) is 4.74. The molecule has 13 heavy (non-hydrogen) atoms. The molecule has 2 atom stereocenters. The van der Waals surface area contributed by atoms with E-state index in [9.17, 15) is 0 Å². The van der Waals surface area contributed by atoms with Crippen LogP contribution in [-0.4, -0.2) is 42.8 Å². The number of ether oxygens (including phenoxy) is 1. The second-order valence-electron chi connectivity index (χ2n) is 3.81. The van der Waals surface area contributed by atoms with Crippen molar-refractivity contribution in [2.24, 2.45) is 5.73 Å². The van der Waals surface area contributed by atoms with E-state index in [-0.39, 0.29) is 12.1 Å². The zero-order chi connectivity index (χ0) is 9.84. The Morgan fingerprint density at radius 2 is 2.31 bits per heavy atom. The van der Waals surface area contributed by atoms with Crippen LogP contribution in [0.5, 0.6) is 0 Å². The Hall–Kier alpha value is -0.380. The summed E-state index contributed by atoms with van der Waals surface area (Å²) in [7, 11) is 0. The molecule has 1 aliphatic rings. The smallest absolute Gasteiger partial charge is 0.0888 e. The SMILES string of the molecule is C=CC(N)C1CN(C(C)C)CCO1. The molecule has 0 bridgehead atoms. The van der Waals surface area contributed by atoms with Crippen LogP contribution in [0.25, 0.3) is 0 Å². The van der Waals surface area contributed by atoms with Crippen molar-refractivity contribution in [1.29, 1.82) is 0 Å². The van der Waals surface area contributed by atoms with Gasteiger partial charge in [0.05, 0.1) is 18.8 Å². The van der Waals surface area contributed by atoms with Crippen LogP contribution in [0.4, 0.5) is 0 Å². The van der Waals surface area contributed by atoms with E-state index < -0.39 is 0 Å². The fourth-order valence-electron chi connectivity index (χ4n) is 1.55. The van der Waals surface area contributed by atoms with Crippen LogP contribution in [0.2, 0.25) is 0 Å². The van der Waals surface area contributed by atoms with E-state index in [0.29, 0.717) is 6.04 Å². The van der Waals surface area contributed by atoms with E-state index in [1.165, 1.54) is 0 Å². The van der Waals surface area contributed by atoms with Crippen LogP contribution in [0, 0.1) is 0 Å². The first-order valence-corrected chi connectivity index (χ1v) is 4.89. The average Bonchev–Trinajstić information content (AvgIpc) is 2.17. The Labute approximate surface area is 80.5 Å². The van der Waals surface area contributed by atoms with Gasteiger partial charge in [0, 0.05) is 19.1 Å². The van der Waals surface area contributed by atoms with Gasteiger partial charge >= 0.3 is 0 Å². The maximum absolute atomic E-state index is 5.84. The normalized spacial score (nSPS) is 27.5. The van der Waals surface area contributed by atoms with Gasteiger partial charge in [0.15, 0.2) is 0 Å². The van der Waals surface area contributed by atoms with Gasteiger partial charge in [-0.15, -0.1) is 6.58 Å².